The molecule has 0 saturated carbocycles. The SMILES string of the molecule is COC(=O)Cc1csc(NC2(C)CCS(=O)(=O)C2)n1. The number of nitrogens with zero attached hydrogens (tertiary/aromatic N) is 1. The number of hydrogen-bond donors (Lipinski definition) is 1. The van der Waals surface area contributed by atoms with Crippen molar-refractivity contribution in [3.05, 3.63) is 11.1 Å². The average molecular weight is 304 g/mol. The first-order chi connectivity index (χ1) is 8.82. The molecular formula is C11H16N2O4S2. The normalized spacial score (nSPS) is 25.2. The first-order valence-corrected chi connectivity index (χ1v) is 8.52. The molecule has 0 bridgehead atoms. The predicted molar refractivity (Wildman–Crippen MR) is 73.1 cm³/mol. The number of methoxy groups -OCH3 is 1. The van der Waals surface area contributed by atoms with Crippen LogP contribution in [0, 0.1) is 0 Å². The molecule has 1 unspecified atom stereocenters. The number of thiazole rings is 1. The zero-order chi connectivity index (χ0) is 14.1. The van der Waals surface area contributed by atoms with Crippen LogP contribution in [0.4, 0.5) is 5.13 Å². The summed E-state index contributed by atoms with van der Waals surface area (Å²) in [4.78, 5) is 15.4. The summed E-state index contributed by atoms with van der Waals surface area (Å²) in [6.45, 7) is 1.87. The second-order valence-corrected chi connectivity index (χ2v) is 7.97. The Balaban J connectivity index is 2.02. The van der Waals surface area contributed by atoms with E-state index in [1.54, 1.807) is 5.38 Å². The van der Waals surface area contributed by atoms with E-state index < -0.39 is 15.4 Å². The van der Waals surface area contributed by atoms with Gasteiger partial charge in [0, 0.05) is 5.38 Å². The van der Waals surface area contributed by atoms with E-state index >= 15 is 0 Å². The minimum absolute atomic E-state index is 0.117. The Morgan fingerprint density at radius 3 is 2.95 bits per heavy atom. The lowest BCUT2D eigenvalue weighted by molar-refractivity contribution is -0.139. The molecule has 1 aliphatic rings. The van der Waals surface area contributed by atoms with Crippen molar-refractivity contribution >= 4 is 32.3 Å². The van der Waals surface area contributed by atoms with Gasteiger partial charge in [0.2, 0.25) is 0 Å². The largest absolute Gasteiger partial charge is 0.469 e. The number of sulfone groups is 1. The van der Waals surface area contributed by atoms with Gasteiger partial charge < -0.3 is 10.1 Å². The standard InChI is InChI=1S/C11H16N2O4S2/c1-11(3-4-19(15,16)7-11)13-10-12-8(6-18-10)5-9(14)17-2/h6H,3-5,7H2,1-2H3,(H,12,13). The van der Waals surface area contributed by atoms with Gasteiger partial charge in [0.25, 0.3) is 0 Å². The van der Waals surface area contributed by atoms with Gasteiger partial charge in [-0.2, -0.15) is 0 Å². The van der Waals surface area contributed by atoms with Crippen LogP contribution in [0.2, 0.25) is 0 Å². The number of carbonyl (C=O) groups excluding carboxylic acids is 1. The molecule has 1 N–H and O–H groups in total. The summed E-state index contributed by atoms with van der Waals surface area (Å²) in [5, 5.41) is 5.57. The highest BCUT2D eigenvalue weighted by Crippen LogP contribution is 2.29. The summed E-state index contributed by atoms with van der Waals surface area (Å²) in [7, 11) is -1.62. The smallest absolute Gasteiger partial charge is 0.311 e. The van der Waals surface area contributed by atoms with Crippen molar-refractivity contribution < 1.29 is 17.9 Å². The number of hydrogen-bond acceptors (Lipinski definition) is 7. The van der Waals surface area contributed by atoms with Gasteiger partial charge in [-0.15, -0.1) is 11.3 Å². The van der Waals surface area contributed by atoms with Crippen LogP contribution in [0.25, 0.3) is 0 Å². The quantitative estimate of drug-likeness (QED) is 0.830. The fourth-order valence-corrected chi connectivity index (χ4v) is 4.98. The molecule has 1 aromatic heterocycles. The minimum Gasteiger partial charge on any atom is -0.469 e. The third kappa shape index (κ3) is 3.66. The van der Waals surface area contributed by atoms with E-state index in [9.17, 15) is 13.2 Å². The number of ether oxygens (including phenoxy) is 1. The highest BCUT2D eigenvalue weighted by molar-refractivity contribution is 7.91. The summed E-state index contributed by atoms with van der Waals surface area (Å²) in [5.74, 6) is -0.0190. The van der Waals surface area contributed by atoms with Crippen molar-refractivity contribution in [3.63, 3.8) is 0 Å². The van der Waals surface area contributed by atoms with Gasteiger partial charge >= 0.3 is 5.97 Å². The summed E-state index contributed by atoms with van der Waals surface area (Å²) in [6.07, 6.45) is 0.699. The predicted octanol–water partition coefficient (Wildman–Crippen LogP) is 0.848. The molecule has 1 fully saturated rings. The van der Waals surface area contributed by atoms with E-state index in [2.05, 4.69) is 15.0 Å². The van der Waals surface area contributed by atoms with Gasteiger partial charge in [-0.1, -0.05) is 0 Å². The monoisotopic (exact) mass is 304 g/mol. The number of anilines is 1. The van der Waals surface area contributed by atoms with Gasteiger partial charge in [0.1, 0.15) is 0 Å². The summed E-state index contributed by atoms with van der Waals surface area (Å²) in [6, 6.07) is 0. The highest BCUT2D eigenvalue weighted by atomic mass is 32.2. The molecule has 0 aliphatic carbocycles. The second-order valence-electron chi connectivity index (χ2n) is 4.92. The second kappa shape index (κ2) is 5.09. The topological polar surface area (TPSA) is 85.4 Å². The fraction of sp³-hybridized carbons (Fsp3) is 0.636. The van der Waals surface area contributed by atoms with E-state index in [0.29, 0.717) is 17.2 Å². The summed E-state index contributed by atoms with van der Waals surface area (Å²) < 4.78 is 27.6. The maximum Gasteiger partial charge on any atom is 0.311 e. The van der Waals surface area contributed by atoms with E-state index in [0.717, 1.165) is 0 Å². The lowest BCUT2D eigenvalue weighted by Gasteiger charge is -2.23. The number of esters is 1. The van der Waals surface area contributed by atoms with Crippen LogP contribution >= 0.6 is 11.3 Å². The molecular weight excluding hydrogens is 288 g/mol. The van der Waals surface area contributed by atoms with Gasteiger partial charge in [0.15, 0.2) is 15.0 Å². The molecule has 1 atom stereocenters. The van der Waals surface area contributed by atoms with Crippen LogP contribution in [0.3, 0.4) is 0 Å². The van der Waals surface area contributed by atoms with Crippen molar-refractivity contribution in [1.82, 2.24) is 4.98 Å². The lowest BCUT2D eigenvalue weighted by atomic mass is 10.0. The zero-order valence-electron chi connectivity index (χ0n) is 10.8. The summed E-state index contributed by atoms with van der Waals surface area (Å²) >= 11 is 1.36. The minimum atomic E-state index is -2.95. The van der Waals surface area contributed by atoms with Crippen molar-refractivity contribution in [3.8, 4) is 0 Å². The van der Waals surface area contributed by atoms with Crippen LogP contribution in [-0.2, 0) is 25.8 Å². The molecule has 0 spiro atoms. The van der Waals surface area contributed by atoms with Crippen molar-refractivity contribution in [2.75, 3.05) is 23.9 Å². The van der Waals surface area contributed by atoms with E-state index in [1.165, 1.54) is 18.4 Å². The maximum atomic E-state index is 11.5. The number of carbonyl (C=O) groups is 1. The first kappa shape index (κ1) is 14.3. The van der Waals surface area contributed by atoms with Crippen molar-refractivity contribution in [2.45, 2.75) is 25.3 Å². The number of aromatic nitrogens is 1. The molecule has 19 heavy (non-hydrogen) atoms. The van der Waals surface area contributed by atoms with Gasteiger partial charge in [-0.25, -0.2) is 13.4 Å². The Hall–Kier alpha value is -1.15. The Kier molecular flexibility index (Phi) is 3.82. The highest BCUT2D eigenvalue weighted by Gasteiger charge is 2.38. The van der Waals surface area contributed by atoms with E-state index in [-0.39, 0.29) is 23.9 Å². The maximum absolute atomic E-state index is 11.5. The Morgan fingerprint density at radius 1 is 1.63 bits per heavy atom. The van der Waals surface area contributed by atoms with Crippen LogP contribution in [0.5, 0.6) is 0 Å². The van der Waals surface area contributed by atoms with E-state index in [1.807, 2.05) is 6.92 Å². The van der Waals surface area contributed by atoms with E-state index in [4.69, 9.17) is 0 Å². The molecule has 0 amide bonds. The molecule has 0 aromatic carbocycles. The molecule has 2 heterocycles. The first-order valence-electron chi connectivity index (χ1n) is 5.82. The lowest BCUT2D eigenvalue weighted by Crippen LogP contribution is -2.35. The van der Waals surface area contributed by atoms with Crippen LogP contribution in [-0.4, -0.2) is 43.5 Å². The molecule has 106 valence electrons. The van der Waals surface area contributed by atoms with Gasteiger partial charge in [0.05, 0.1) is 36.3 Å². The fourth-order valence-electron chi connectivity index (χ4n) is 2.03. The Morgan fingerprint density at radius 2 is 2.37 bits per heavy atom. The Bertz CT molecular complexity index is 581. The number of nitrogens with one attached hydrogen (secondary N) is 1. The molecule has 6 nitrogen and oxygen atoms in total. The summed E-state index contributed by atoms with van der Waals surface area (Å²) in [5.41, 5.74) is 0.156. The van der Waals surface area contributed by atoms with Crippen molar-refractivity contribution in [1.29, 1.82) is 0 Å². The molecule has 8 heteroatoms. The number of rotatable bonds is 4. The van der Waals surface area contributed by atoms with Crippen LogP contribution in [0.1, 0.15) is 19.0 Å². The zero-order valence-corrected chi connectivity index (χ0v) is 12.4. The molecule has 1 aromatic rings. The third-order valence-electron chi connectivity index (χ3n) is 3.02. The van der Waals surface area contributed by atoms with Gasteiger partial charge in [-0.05, 0) is 13.3 Å². The van der Waals surface area contributed by atoms with Crippen LogP contribution < -0.4 is 5.32 Å². The third-order valence-corrected chi connectivity index (χ3v) is 5.73. The van der Waals surface area contributed by atoms with Gasteiger partial charge in [-0.3, -0.25) is 4.79 Å². The van der Waals surface area contributed by atoms with Crippen molar-refractivity contribution in [2.24, 2.45) is 0 Å². The molecule has 1 saturated heterocycles. The Labute approximate surface area is 116 Å². The molecule has 0 radical (unpaired) electrons. The molecule has 2 rings (SSSR count). The molecule has 1 aliphatic heterocycles. The van der Waals surface area contributed by atoms with Crippen LogP contribution in [0.15, 0.2) is 5.38 Å². The average Bonchev–Trinajstić information content (AvgIpc) is 2.83.